The number of rotatable bonds is 3. The molecule has 0 radical (unpaired) electrons. The van der Waals surface area contributed by atoms with Crippen molar-refractivity contribution in [2.45, 2.75) is 6.18 Å². The van der Waals surface area contributed by atoms with Gasteiger partial charge in [0.25, 0.3) is 5.91 Å². The highest BCUT2D eigenvalue weighted by atomic mass is 19.4. The fourth-order valence-corrected chi connectivity index (χ4v) is 1.45. The summed E-state index contributed by atoms with van der Waals surface area (Å²) in [5.41, 5.74) is 2.66. The van der Waals surface area contributed by atoms with Crippen molar-refractivity contribution in [3.8, 4) is 0 Å². The van der Waals surface area contributed by atoms with Crippen molar-refractivity contribution in [2.75, 3.05) is 5.32 Å². The largest absolute Gasteiger partial charge is 0.472 e. The number of carbonyl (C=O) groups excluding carboxylic acids is 2. The van der Waals surface area contributed by atoms with Gasteiger partial charge in [-0.05, 0) is 12.1 Å². The second-order valence-corrected chi connectivity index (χ2v) is 4.31. The van der Waals surface area contributed by atoms with Gasteiger partial charge >= 0.3 is 12.1 Å². The summed E-state index contributed by atoms with van der Waals surface area (Å²) in [5.74, 6) is -3.95. The molecule has 3 N–H and O–H groups in total. The van der Waals surface area contributed by atoms with Crippen molar-refractivity contribution in [1.29, 1.82) is 0 Å². The quantitative estimate of drug-likeness (QED) is 0.582. The smallest absolute Gasteiger partial charge is 0.322 e. The van der Waals surface area contributed by atoms with Crippen molar-refractivity contribution >= 4 is 23.5 Å². The molecule has 2 amide bonds. The lowest BCUT2D eigenvalue weighted by molar-refractivity contribution is -0.174. The molecule has 1 heterocycles. The number of alkyl halides is 3. The van der Waals surface area contributed by atoms with Gasteiger partial charge in [-0.3, -0.25) is 20.4 Å². The van der Waals surface area contributed by atoms with Crippen molar-refractivity contribution in [3.63, 3.8) is 0 Å². The van der Waals surface area contributed by atoms with Gasteiger partial charge in [-0.25, -0.2) is 14.4 Å². The number of hydrogen-bond acceptors (Lipinski definition) is 5. The van der Waals surface area contributed by atoms with Gasteiger partial charge in [0.15, 0.2) is 0 Å². The van der Waals surface area contributed by atoms with Crippen LogP contribution in [0.25, 0.3) is 0 Å². The topological polar surface area (TPSA) is 96.0 Å². The van der Waals surface area contributed by atoms with Crippen molar-refractivity contribution in [1.82, 2.24) is 20.8 Å². The Hall–Kier alpha value is -3.24. The number of hydrogen-bond donors (Lipinski definition) is 3. The van der Waals surface area contributed by atoms with Gasteiger partial charge in [0.05, 0.1) is 11.3 Å². The molecule has 0 aliphatic heterocycles. The highest BCUT2D eigenvalue weighted by Crippen LogP contribution is 2.16. The van der Waals surface area contributed by atoms with Gasteiger partial charge in [-0.1, -0.05) is 12.1 Å². The van der Waals surface area contributed by atoms with Crippen LogP contribution >= 0.6 is 0 Å². The predicted octanol–water partition coefficient (Wildman–Crippen LogP) is 1.68. The molecule has 0 saturated heterocycles. The van der Waals surface area contributed by atoms with Gasteiger partial charge in [0, 0.05) is 12.4 Å². The Morgan fingerprint density at radius 1 is 1.00 bits per heavy atom. The number of nitrogens with one attached hydrogen (secondary N) is 3. The summed E-state index contributed by atoms with van der Waals surface area (Å²) < 4.78 is 49.3. The number of para-hydroxylation sites is 1. The molecule has 126 valence electrons. The molecule has 0 saturated carbocycles. The number of halogens is 4. The van der Waals surface area contributed by atoms with Gasteiger partial charge < -0.3 is 5.32 Å². The molecule has 2 aromatic rings. The highest BCUT2D eigenvalue weighted by Gasteiger charge is 2.39. The second kappa shape index (κ2) is 6.89. The Balaban J connectivity index is 1.98. The Morgan fingerprint density at radius 2 is 1.62 bits per heavy atom. The lowest BCUT2D eigenvalue weighted by Crippen LogP contribution is -2.47. The van der Waals surface area contributed by atoms with E-state index in [1.807, 2.05) is 0 Å². The first-order chi connectivity index (χ1) is 11.3. The molecule has 11 heteroatoms. The third-order valence-electron chi connectivity index (χ3n) is 2.58. The summed E-state index contributed by atoms with van der Waals surface area (Å²) >= 11 is 0. The maximum absolute atomic E-state index is 13.4. The van der Waals surface area contributed by atoms with Crippen LogP contribution in [0.2, 0.25) is 0 Å². The minimum atomic E-state index is -5.13. The average Bonchev–Trinajstić information content (AvgIpc) is 2.54. The van der Waals surface area contributed by atoms with E-state index in [2.05, 4.69) is 15.3 Å². The third kappa shape index (κ3) is 4.38. The van der Waals surface area contributed by atoms with E-state index in [0.29, 0.717) is 0 Å². The molecule has 0 fully saturated rings. The molecule has 1 aromatic carbocycles. The highest BCUT2D eigenvalue weighted by molar-refractivity contribution is 5.95. The fraction of sp³-hybridized carbons (Fsp3) is 0.0769. The summed E-state index contributed by atoms with van der Waals surface area (Å²) in [6.45, 7) is 0. The summed E-state index contributed by atoms with van der Waals surface area (Å²) in [7, 11) is 0. The monoisotopic (exact) mass is 343 g/mol. The summed E-state index contributed by atoms with van der Waals surface area (Å²) in [5, 5.41) is 2.56. The number of benzene rings is 1. The summed E-state index contributed by atoms with van der Waals surface area (Å²) in [6.07, 6.45) is -3.15. The summed E-state index contributed by atoms with van der Waals surface area (Å²) in [6, 6.07) is 5.72. The first-order valence-corrected chi connectivity index (χ1v) is 6.28. The van der Waals surface area contributed by atoms with Crippen molar-refractivity contribution in [3.05, 3.63) is 48.0 Å². The third-order valence-corrected chi connectivity index (χ3v) is 2.58. The molecule has 0 aliphatic rings. The van der Waals surface area contributed by atoms with E-state index >= 15 is 0 Å². The van der Waals surface area contributed by atoms with Crippen LogP contribution in [0.1, 0.15) is 10.4 Å². The van der Waals surface area contributed by atoms with Crippen LogP contribution in [-0.2, 0) is 4.79 Å². The van der Waals surface area contributed by atoms with Crippen molar-refractivity contribution < 1.29 is 27.2 Å². The molecule has 1 aromatic heterocycles. The van der Waals surface area contributed by atoms with E-state index in [1.165, 1.54) is 23.6 Å². The predicted molar refractivity (Wildman–Crippen MR) is 73.4 cm³/mol. The summed E-state index contributed by atoms with van der Waals surface area (Å²) in [4.78, 5) is 29.6. The van der Waals surface area contributed by atoms with E-state index in [0.717, 1.165) is 12.4 Å². The van der Waals surface area contributed by atoms with E-state index < -0.39 is 23.8 Å². The number of nitrogens with zero attached hydrogens (tertiary/aromatic N) is 2. The number of hydrazine groups is 1. The van der Waals surface area contributed by atoms with Crippen LogP contribution in [0.3, 0.4) is 0 Å². The van der Waals surface area contributed by atoms with Crippen LogP contribution in [0.5, 0.6) is 0 Å². The molecule has 24 heavy (non-hydrogen) atoms. The van der Waals surface area contributed by atoms with Crippen molar-refractivity contribution in [2.24, 2.45) is 0 Å². The lowest BCUT2D eigenvalue weighted by Gasteiger charge is -2.09. The zero-order chi connectivity index (χ0) is 17.7. The molecular formula is C13H9F4N5O2. The van der Waals surface area contributed by atoms with E-state index in [-0.39, 0.29) is 17.2 Å². The molecule has 0 aliphatic carbocycles. The Labute approximate surface area is 132 Å². The van der Waals surface area contributed by atoms with Crippen LogP contribution in [-0.4, -0.2) is 28.0 Å². The van der Waals surface area contributed by atoms with E-state index in [4.69, 9.17) is 0 Å². The zero-order valence-electron chi connectivity index (χ0n) is 11.7. The molecule has 7 nitrogen and oxygen atoms in total. The van der Waals surface area contributed by atoms with Gasteiger partial charge in [0.1, 0.15) is 5.82 Å². The van der Waals surface area contributed by atoms with Gasteiger partial charge in [-0.15, -0.1) is 0 Å². The fourth-order valence-electron chi connectivity index (χ4n) is 1.45. The van der Waals surface area contributed by atoms with Gasteiger partial charge in [-0.2, -0.15) is 13.2 Å². The lowest BCUT2D eigenvalue weighted by atomic mass is 10.3. The SMILES string of the molecule is O=C(NNC(=O)C(F)(F)F)c1cnc(Nc2ccccc2F)nc1. The first-order valence-electron chi connectivity index (χ1n) is 6.28. The van der Waals surface area contributed by atoms with Crippen LogP contribution in [0.4, 0.5) is 29.2 Å². The van der Waals surface area contributed by atoms with Crippen LogP contribution < -0.4 is 16.2 Å². The minimum Gasteiger partial charge on any atom is -0.322 e. The number of anilines is 2. The number of carbonyl (C=O) groups is 2. The normalized spacial score (nSPS) is 10.8. The molecule has 2 rings (SSSR count). The zero-order valence-corrected chi connectivity index (χ0v) is 11.7. The van der Waals surface area contributed by atoms with Crippen LogP contribution in [0, 0.1) is 5.82 Å². The number of aromatic nitrogens is 2. The molecule has 0 bridgehead atoms. The maximum atomic E-state index is 13.4. The Kier molecular flexibility index (Phi) is 4.92. The molecule has 0 unspecified atom stereocenters. The Bertz CT molecular complexity index is 749. The molecular weight excluding hydrogens is 334 g/mol. The molecule has 0 atom stereocenters. The van der Waals surface area contributed by atoms with E-state index in [9.17, 15) is 27.2 Å². The van der Waals surface area contributed by atoms with Gasteiger partial charge in [0.2, 0.25) is 5.95 Å². The molecule has 0 spiro atoms. The maximum Gasteiger partial charge on any atom is 0.472 e. The van der Waals surface area contributed by atoms with Crippen LogP contribution in [0.15, 0.2) is 36.7 Å². The first kappa shape index (κ1) is 17.1. The standard InChI is InChI=1S/C13H9F4N5O2/c14-8-3-1-2-4-9(8)20-12-18-5-7(6-19-12)10(23)21-22-11(24)13(15,16)17/h1-6H,(H,21,23)(H,22,24)(H,18,19,20). The average molecular weight is 343 g/mol. The number of amides is 2. The minimum absolute atomic E-state index is 0.0315. The van der Waals surface area contributed by atoms with E-state index in [1.54, 1.807) is 11.5 Å². The second-order valence-electron chi connectivity index (χ2n) is 4.31. The Morgan fingerprint density at radius 3 is 2.21 bits per heavy atom.